The van der Waals surface area contributed by atoms with E-state index >= 15 is 0 Å². The third kappa shape index (κ3) is 3.97. The number of nitrogens with zero attached hydrogens (tertiary/aromatic N) is 2. The van der Waals surface area contributed by atoms with Crippen LogP contribution in [0.2, 0.25) is 0 Å². The molecule has 1 aliphatic rings. The number of hydrazine groups is 1. The highest BCUT2D eigenvalue weighted by Crippen LogP contribution is 1.95. The third-order valence-corrected chi connectivity index (χ3v) is 2.37. The first-order valence-corrected chi connectivity index (χ1v) is 5.63. The highest BCUT2D eigenvalue weighted by Gasteiger charge is 2.15. The Morgan fingerprint density at radius 2 is 2.29 bits per heavy atom. The summed E-state index contributed by atoms with van der Waals surface area (Å²) < 4.78 is 0. The van der Waals surface area contributed by atoms with Gasteiger partial charge in [0, 0.05) is 31.9 Å². The summed E-state index contributed by atoms with van der Waals surface area (Å²) in [7, 11) is 0. The molecule has 7 nitrogen and oxygen atoms in total. The van der Waals surface area contributed by atoms with Gasteiger partial charge >= 0.3 is 0 Å². The Balaban J connectivity index is 1.63. The van der Waals surface area contributed by atoms with E-state index in [9.17, 15) is 4.79 Å². The Kier molecular flexibility index (Phi) is 4.23. The van der Waals surface area contributed by atoms with Gasteiger partial charge in [-0.3, -0.25) is 10.2 Å². The van der Waals surface area contributed by atoms with Crippen molar-refractivity contribution in [1.82, 2.24) is 26.1 Å². The lowest BCUT2D eigenvalue weighted by atomic mass is 10.3. The van der Waals surface area contributed by atoms with Crippen LogP contribution in [0.1, 0.15) is 12.8 Å². The molecule has 17 heavy (non-hydrogen) atoms. The fraction of sp³-hybridized carbons (Fsp3) is 0.500. The van der Waals surface area contributed by atoms with Gasteiger partial charge in [0.05, 0.1) is 6.17 Å². The maximum atomic E-state index is 11.5. The van der Waals surface area contributed by atoms with Crippen molar-refractivity contribution in [2.24, 2.45) is 0 Å². The number of hydrogen-bond donors (Lipinski definition) is 4. The molecule has 1 amide bonds. The zero-order valence-corrected chi connectivity index (χ0v) is 9.44. The number of nitrogens with one attached hydrogen (secondary N) is 4. The maximum Gasteiger partial charge on any atom is 0.223 e. The second-order valence-corrected chi connectivity index (χ2v) is 3.73. The van der Waals surface area contributed by atoms with Crippen LogP contribution in [0.15, 0.2) is 18.5 Å². The molecule has 1 atom stereocenters. The van der Waals surface area contributed by atoms with Gasteiger partial charge in [0.25, 0.3) is 0 Å². The number of rotatable bonds is 5. The zero-order chi connectivity index (χ0) is 11.9. The van der Waals surface area contributed by atoms with E-state index in [-0.39, 0.29) is 12.1 Å². The van der Waals surface area contributed by atoms with E-state index in [1.807, 2.05) is 0 Å². The lowest BCUT2D eigenvalue weighted by Gasteiger charge is -2.11. The van der Waals surface area contributed by atoms with Crippen molar-refractivity contribution in [3.63, 3.8) is 0 Å². The minimum Gasteiger partial charge on any atom is -0.354 e. The second kappa shape index (κ2) is 6.12. The normalized spacial score (nSPS) is 18.9. The van der Waals surface area contributed by atoms with E-state index < -0.39 is 0 Å². The zero-order valence-electron chi connectivity index (χ0n) is 9.44. The predicted molar refractivity (Wildman–Crippen MR) is 62.8 cm³/mol. The van der Waals surface area contributed by atoms with Crippen LogP contribution in [0.25, 0.3) is 0 Å². The Morgan fingerprint density at radius 1 is 1.47 bits per heavy atom. The molecule has 2 rings (SSSR count). The van der Waals surface area contributed by atoms with Gasteiger partial charge in [-0.1, -0.05) is 0 Å². The number of carbonyl (C=O) groups excluding carboxylic acids is 1. The molecule has 0 saturated carbocycles. The van der Waals surface area contributed by atoms with E-state index in [1.165, 1.54) is 0 Å². The molecule has 1 aliphatic heterocycles. The van der Waals surface area contributed by atoms with Gasteiger partial charge in [0.15, 0.2) is 0 Å². The summed E-state index contributed by atoms with van der Waals surface area (Å²) in [5, 5.41) is 5.85. The van der Waals surface area contributed by atoms with E-state index in [1.54, 1.807) is 18.5 Å². The quantitative estimate of drug-likeness (QED) is 0.536. The molecular formula is C10H16N6O. The largest absolute Gasteiger partial charge is 0.354 e. The molecule has 1 fully saturated rings. The second-order valence-electron chi connectivity index (χ2n) is 3.73. The Labute approximate surface area is 99.4 Å². The van der Waals surface area contributed by atoms with Crippen LogP contribution >= 0.6 is 0 Å². The molecule has 1 aromatic heterocycles. The van der Waals surface area contributed by atoms with Gasteiger partial charge in [-0.2, -0.15) is 0 Å². The van der Waals surface area contributed by atoms with Gasteiger partial charge < -0.3 is 10.6 Å². The molecule has 1 aromatic rings. The standard InChI is InChI=1S/C10H16N6O/c17-9(15-8-2-7-14-16-8)3-6-13-10-11-4-1-5-12-10/h1,4-5,8,14,16H,2-3,6-7H2,(H,15,17)(H,11,12,13). The van der Waals surface area contributed by atoms with Gasteiger partial charge in [-0.25, -0.2) is 15.4 Å². The first kappa shape index (κ1) is 11.7. The molecule has 4 N–H and O–H groups in total. The summed E-state index contributed by atoms with van der Waals surface area (Å²) in [5.41, 5.74) is 5.93. The fourth-order valence-corrected chi connectivity index (χ4v) is 1.54. The summed E-state index contributed by atoms with van der Waals surface area (Å²) in [4.78, 5) is 19.5. The van der Waals surface area contributed by atoms with Crippen LogP contribution in [0, 0.1) is 0 Å². The molecule has 7 heteroatoms. The Morgan fingerprint density at radius 3 is 3.00 bits per heavy atom. The highest BCUT2D eigenvalue weighted by molar-refractivity contribution is 5.76. The number of carbonyl (C=O) groups is 1. The van der Waals surface area contributed by atoms with Crippen molar-refractivity contribution < 1.29 is 4.79 Å². The maximum absolute atomic E-state index is 11.5. The smallest absolute Gasteiger partial charge is 0.223 e. The molecule has 92 valence electrons. The summed E-state index contributed by atoms with van der Waals surface area (Å²) >= 11 is 0. The first-order valence-electron chi connectivity index (χ1n) is 5.63. The topological polar surface area (TPSA) is 91.0 Å². The minimum atomic E-state index is 0.00892. The molecule has 0 radical (unpaired) electrons. The molecule has 0 spiro atoms. The minimum absolute atomic E-state index is 0.00892. The van der Waals surface area contributed by atoms with Crippen molar-refractivity contribution in [2.45, 2.75) is 19.0 Å². The van der Waals surface area contributed by atoms with E-state index in [4.69, 9.17) is 0 Å². The number of hydrogen-bond acceptors (Lipinski definition) is 6. The van der Waals surface area contributed by atoms with Crippen LogP contribution in [0.3, 0.4) is 0 Å². The third-order valence-electron chi connectivity index (χ3n) is 2.37. The lowest BCUT2D eigenvalue weighted by Crippen LogP contribution is -2.44. The summed E-state index contributed by atoms with van der Waals surface area (Å²) in [5.74, 6) is 0.551. The monoisotopic (exact) mass is 236 g/mol. The van der Waals surface area contributed by atoms with Crippen molar-refractivity contribution >= 4 is 11.9 Å². The highest BCUT2D eigenvalue weighted by atomic mass is 16.1. The van der Waals surface area contributed by atoms with Gasteiger partial charge in [0.2, 0.25) is 11.9 Å². The predicted octanol–water partition coefficient (Wildman–Crippen LogP) is -0.781. The van der Waals surface area contributed by atoms with Crippen LogP contribution in [0.4, 0.5) is 5.95 Å². The van der Waals surface area contributed by atoms with E-state index in [0.717, 1.165) is 13.0 Å². The molecule has 0 aromatic carbocycles. The molecule has 2 heterocycles. The van der Waals surface area contributed by atoms with E-state index in [0.29, 0.717) is 18.9 Å². The van der Waals surface area contributed by atoms with E-state index in [2.05, 4.69) is 31.5 Å². The molecule has 1 saturated heterocycles. The molecule has 0 bridgehead atoms. The fourth-order valence-electron chi connectivity index (χ4n) is 1.54. The van der Waals surface area contributed by atoms with Crippen LogP contribution in [-0.4, -0.2) is 35.1 Å². The van der Waals surface area contributed by atoms with Crippen LogP contribution < -0.4 is 21.5 Å². The van der Waals surface area contributed by atoms with Crippen molar-refractivity contribution in [2.75, 3.05) is 18.4 Å². The summed E-state index contributed by atoms with van der Waals surface area (Å²) in [6, 6.07) is 1.75. The average molecular weight is 236 g/mol. The molecule has 1 unspecified atom stereocenters. The van der Waals surface area contributed by atoms with Gasteiger partial charge in [-0.15, -0.1) is 0 Å². The Hall–Kier alpha value is -1.73. The number of aromatic nitrogens is 2. The Bertz CT molecular complexity index is 351. The molecule has 0 aliphatic carbocycles. The lowest BCUT2D eigenvalue weighted by molar-refractivity contribution is -0.121. The first-order chi connectivity index (χ1) is 8.34. The number of amides is 1. The number of anilines is 1. The van der Waals surface area contributed by atoms with Crippen molar-refractivity contribution in [1.29, 1.82) is 0 Å². The van der Waals surface area contributed by atoms with Crippen LogP contribution in [0.5, 0.6) is 0 Å². The van der Waals surface area contributed by atoms with Crippen molar-refractivity contribution in [3.8, 4) is 0 Å². The van der Waals surface area contributed by atoms with Crippen molar-refractivity contribution in [3.05, 3.63) is 18.5 Å². The van der Waals surface area contributed by atoms with Crippen LogP contribution in [-0.2, 0) is 4.79 Å². The van der Waals surface area contributed by atoms with Gasteiger partial charge in [-0.05, 0) is 12.5 Å². The average Bonchev–Trinajstić information content (AvgIpc) is 2.83. The summed E-state index contributed by atoms with van der Waals surface area (Å²) in [6.45, 7) is 1.40. The molecular weight excluding hydrogens is 220 g/mol. The SMILES string of the molecule is O=C(CCNc1ncccn1)NC1CCNN1. The summed E-state index contributed by atoms with van der Waals surface area (Å²) in [6.07, 6.45) is 4.65. The van der Waals surface area contributed by atoms with Gasteiger partial charge in [0.1, 0.15) is 0 Å².